The van der Waals surface area contributed by atoms with E-state index >= 15 is 0 Å². The van der Waals surface area contributed by atoms with Gasteiger partial charge in [-0.2, -0.15) is 0 Å². The van der Waals surface area contributed by atoms with Crippen LogP contribution in [0.25, 0.3) is 5.69 Å². The molecule has 112 valence electrons. The van der Waals surface area contributed by atoms with Crippen molar-refractivity contribution in [3.63, 3.8) is 0 Å². The summed E-state index contributed by atoms with van der Waals surface area (Å²) in [4.78, 5) is 11.9. The van der Waals surface area contributed by atoms with Crippen LogP contribution < -0.4 is 0 Å². The van der Waals surface area contributed by atoms with Crippen molar-refractivity contribution in [1.82, 2.24) is 4.57 Å². The minimum atomic E-state index is -0.294. The first-order valence-corrected chi connectivity index (χ1v) is 7.73. The van der Waals surface area contributed by atoms with E-state index in [1.54, 1.807) is 0 Å². The summed E-state index contributed by atoms with van der Waals surface area (Å²) >= 11 is 3.53. The Morgan fingerprint density at radius 3 is 2.48 bits per heavy atom. The molecule has 0 saturated carbocycles. The molecule has 0 radical (unpaired) electrons. The predicted molar refractivity (Wildman–Crippen MR) is 88.4 cm³/mol. The maximum Gasteiger partial charge on any atom is 0.339 e. The number of nitrogens with zero attached hydrogens (tertiary/aromatic N) is 1. The Morgan fingerprint density at radius 2 is 1.90 bits per heavy atom. The molecule has 1 aromatic carbocycles. The van der Waals surface area contributed by atoms with E-state index in [0.29, 0.717) is 11.5 Å². The maximum atomic E-state index is 11.9. The average molecular weight is 350 g/mol. The fourth-order valence-corrected chi connectivity index (χ4v) is 3.02. The lowest BCUT2D eigenvalue weighted by molar-refractivity contribution is 0.0600. The van der Waals surface area contributed by atoms with Crippen LogP contribution in [0, 0.1) is 13.8 Å². The van der Waals surface area contributed by atoms with Gasteiger partial charge in [0.15, 0.2) is 0 Å². The number of hydrogen-bond acceptors (Lipinski definition) is 2. The zero-order valence-corrected chi connectivity index (χ0v) is 14.6. The van der Waals surface area contributed by atoms with E-state index in [4.69, 9.17) is 4.74 Å². The van der Waals surface area contributed by atoms with Crippen molar-refractivity contribution in [2.24, 2.45) is 0 Å². The van der Waals surface area contributed by atoms with Crippen LogP contribution in [0.15, 0.2) is 28.7 Å². The fourth-order valence-electron chi connectivity index (χ4n) is 2.64. The number of ether oxygens (including phenoxy) is 1. The molecule has 3 nitrogen and oxygen atoms in total. The molecule has 0 atom stereocenters. The highest BCUT2D eigenvalue weighted by Crippen LogP contribution is 2.30. The topological polar surface area (TPSA) is 31.2 Å². The van der Waals surface area contributed by atoms with Crippen LogP contribution in [0.3, 0.4) is 0 Å². The first-order chi connectivity index (χ1) is 9.86. The highest BCUT2D eigenvalue weighted by Gasteiger charge is 2.19. The Kier molecular flexibility index (Phi) is 4.57. The number of hydrogen-bond donors (Lipinski definition) is 0. The molecule has 0 saturated heterocycles. The van der Waals surface area contributed by atoms with Crippen molar-refractivity contribution in [3.05, 3.63) is 51.3 Å². The minimum absolute atomic E-state index is 0.294. The van der Waals surface area contributed by atoms with Gasteiger partial charge in [-0.3, -0.25) is 0 Å². The summed E-state index contributed by atoms with van der Waals surface area (Å²) in [6, 6.07) is 8.13. The van der Waals surface area contributed by atoms with Crippen molar-refractivity contribution in [1.29, 1.82) is 0 Å². The van der Waals surface area contributed by atoms with Gasteiger partial charge in [0.25, 0.3) is 0 Å². The Hall–Kier alpha value is -1.55. The molecule has 0 spiro atoms. The summed E-state index contributed by atoms with van der Waals surface area (Å²) in [6.45, 7) is 8.29. The van der Waals surface area contributed by atoms with Crippen LogP contribution >= 0.6 is 15.9 Å². The Bertz CT molecular complexity index is 686. The van der Waals surface area contributed by atoms with Gasteiger partial charge in [0.05, 0.1) is 12.7 Å². The molecule has 0 fully saturated rings. The summed E-state index contributed by atoms with van der Waals surface area (Å²) in [5.41, 5.74) is 4.90. The molecule has 1 heterocycles. The average Bonchev–Trinajstić information content (AvgIpc) is 2.73. The number of benzene rings is 1. The molecule has 0 aliphatic carbocycles. The van der Waals surface area contributed by atoms with E-state index in [0.717, 1.165) is 21.5 Å². The van der Waals surface area contributed by atoms with Gasteiger partial charge in [-0.1, -0.05) is 29.8 Å². The minimum Gasteiger partial charge on any atom is -0.465 e. The molecular formula is C17H20BrNO2. The van der Waals surface area contributed by atoms with Crippen LogP contribution in [0.4, 0.5) is 0 Å². The van der Waals surface area contributed by atoms with Gasteiger partial charge in [-0.05, 0) is 49.6 Å². The summed E-state index contributed by atoms with van der Waals surface area (Å²) in [5.74, 6) is 0.0952. The van der Waals surface area contributed by atoms with Crippen LogP contribution in [0.2, 0.25) is 0 Å². The second-order valence-corrected chi connectivity index (χ2v) is 6.39. The zero-order chi connectivity index (χ0) is 15.7. The van der Waals surface area contributed by atoms with Gasteiger partial charge in [-0.15, -0.1) is 0 Å². The zero-order valence-electron chi connectivity index (χ0n) is 13.0. The largest absolute Gasteiger partial charge is 0.465 e. The summed E-state index contributed by atoms with van der Waals surface area (Å²) < 4.78 is 8.04. The molecule has 0 bridgehead atoms. The van der Waals surface area contributed by atoms with Gasteiger partial charge in [0.1, 0.15) is 0 Å². The van der Waals surface area contributed by atoms with Gasteiger partial charge < -0.3 is 9.30 Å². The lowest BCUT2D eigenvalue weighted by atomic mass is 10.0. The van der Waals surface area contributed by atoms with Crippen LogP contribution in [-0.4, -0.2) is 17.6 Å². The first kappa shape index (κ1) is 15.8. The SMILES string of the molecule is COC(=O)c1cc(C)n(-c2ccc(Br)cc2C(C)C)c1C. The smallest absolute Gasteiger partial charge is 0.339 e. The van der Waals surface area contributed by atoms with E-state index in [1.165, 1.54) is 12.7 Å². The number of halogens is 1. The molecule has 0 aliphatic heterocycles. The number of methoxy groups -OCH3 is 1. The number of carbonyl (C=O) groups is 1. The number of aryl methyl sites for hydroxylation is 1. The van der Waals surface area contributed by atoms with E-state index < -0.39 is 0 Å². The van der Waals surface area contributed by atoms with Crippen molar-refractivity contribution in [2.75, 3.05) is 7.11 Å². The third-order valence-electron chi connectivity index (χ3n) is 3.69. The second kappa shape index (κ2) is 6.06. The lowest BCUT2D eigenvalue weighted by Gasteiger charge is -2.17. The van der Waals surface area contributed by atoms with E-state index in [9.17, 15) is 4.79 Å². The van der Waals surface area contributed by atoms with Gasteiger partial charge in [-0.25, -0.2) is 4.79 Å². The Morgan fingerprint density at radius 1 is 1.24 bits per heavy atom. The number of carbonyl (C=O) groups excluding carboxylic acids is 1. The number of aromatic nitrogens is 1. The predicted octanol–water partition coefficient (Wildman–Crippen LogP) is 4.77. The molecule has 2 aromatic rings. The van der Waals surface area contributed by atoms with Crippen LogP contribution in [0.5, 0.6) is 0 Å². The van der Waals surface area contributed by atoms with Crippen molar-refractivity contribution in [2.45, 2.75) is 33.6 Å². The van der Waals surface area contributed by atoms with E-state index in [2.05, 4.69) is 46.5 Å². The standard InChI is InChI=1S/C17H20BrNO2/c1-10(2)14-9-13(18)6-7-16(14)19-11(3)8-15(12(19)4)17(20)21-5/h6-10H,1-5H3. The molecule has 4 heteroatoms. The summed E-state index contributed by atoms with van der Waals surface area (Å²) in [7, 11) is 1.41. The van der Waals surface area contributed by atoms with E-state index in [1.807, 2.05) is 26.0 Å². The van der Waals surface area contributed by atoms with Crippen molar-refractivity contribution >= 4 is 21.9 Å². The van der Waals surface area contributed by atoms with E-state index in [-0.39, 0.29) is 5.97 Å². The molecular weight excluding hydrogens is 330 g/mol. The lowest BCUT2D eigenvalue weighted by Crippen LogP contribution is -2.07. The number of esters is 1. The monoisotopic (exact) mass is 349 g/mol. The molecule has 2 rings (SSSR count). The van der Waals surface area contributed by atoms with Crippen molar-refractivity contribution < 1.29 is 9.53 Å². The molecule has 1 aromatic heterocycles. The highest BCUT2D eigenvalue weighted by molar-refractivity contribution is 9.10. The summed E-state index contributed by atoms with van der Waals surface area (Å²) in [5, 5.41) is 0. The van der Waals surface area contributed by atoms with Gasteiger partial charge >= 0.3 is 5.97 Å². The quantitative estimate of drug-likeness (QED) is 0.747. The highest BCUT2D eigenvalue weighted by atomic mass is 79.9. The van der Waals surface area contributed by atoms with Crippen molar-refractivity contribution in [3.8, 4) is 5.69 Å². The third kappa shape index (κ3) is 2.91. The molecule has 0 N–H and O–H groups in total. The summed E-state index contributed by atoms with van der Waals surface area (Å²) in [6.07, 6.45) is 0. The van der Waals surface area contributed by atoms with Gasteiger partial charge in [0.2, 0.25) is 0 Å². The maximum absolute atomic E-state index is 11.9. The van der Waals surface area contributed by atoms with Gasteiger partial charge in [0, 0.05) is 21.5 Å². The Balaban J connectivity index is 2.68. The molecule has 21 heavy (non-hydrogen) atoms. The fraction of sp³-hybridized carbons (Fsp3) is 0.353. The molecule has 0 amide bonds. The first-order valence-electron chi connectivity index (χ1n) is 6.94. The molecule has 0 aliphatic rings. The Labute approximate surface area is 134 Å². The number of rotatable bonds is 3. The van der Waals surface area contributed by atoms with Crippen LogP contribution in [-0.2, 0) is 4.74 Å². The second-order valence-electron chi connectivity index (χ2n) is 5.47. The third-order valence-corrected chi connectivity index (χ3v) is 4.18. The normalized spacial score (nSPS) is 11.0. The molecule has 0 unspecified atom stereocenters. The van der Waals surface area contributed by atoms with Crippen LogP contribution in [0.1, 0.15) is 47.1 Å².